The van der Waals surface area contributed by atoms with E-state index < -0.39 is 0 Å². The summed E-state index contributed by atoms with van der Waals surface area (Å²) >= 11 is 0. The molecular formula is C54H35NO2. The van der Waals surface area contributed by atoms with Crippen LogP contribution in [0.25, 0.3) is 65.7 Å². The van der Waals surface area contributed by atoms with Gasteiger partial charge in [0.25, 0.3) is 0 Å². The first-order valence-electron chi connectivity index (χ1n) is 19.3. The van der Waals surface area contributed by atoms with Gasteiger partial charge in [0.2, 0.25) is 0 Å². The van der Waals surface area contributed by atoms with Gasteiger partial charge in [0, 0.05) is 22.5 Å². The van der Waals surface area contributed by atoms with Gasteiger partial charge in [-0.1, -0.05) is 158 Å². The van der Waals surface area contributed by atoms with Crippen molar-refractivity contribution in [2.75, 3.05) is 4.90 Å². The summed E-state index contributed by atoms with van der Waals surface area (Å²) in [6, 6.07) is 75.1. The highest BCUT2D eigenvalue weighted by molar-refractivity contribution is 6.13. The van der Waals surface area contributed by atoms with E-state index in [9.17, 15) is 0 Å². The first-order valence-corrected chi connectivity index (χ1v) is 19.3. The van der Waals surface area contributed by atoms with Gasteiger partial charge >= 0.3 is 0 Å². The van der Waals surface area contributed by atoms with Crippen LogP contribution in [0, 0.1) is 0 Å². The molecule has 0 bridgehead atoms. The third-order valence-corrected chi connectivity index (χ3v) is 11.1. The average molecular weight is 730 g/mol. The second-order valence-electron chi connectivity index (χ2n) is 14.5. The number of hydrogen-bond donors (Lipinski definition) is 0. The number of ether oxygens (including phenoxy) is 2. The Labute approximate surface area is 331 Å². The Morgan fingerprint density at radius 2 is 0.860 bits per heavy atom. The Kier molecular flexibility index (Phi) is 7.82. The molecule has 1 aliphatic rings. The first kappa shape index (κ1) is 32.8. The maximum atomic E-state index is 6.86. The van der Waals surface area contributed by atoms with Crippen LogP contribution in [0.5, 0.6) is 23.0 Å². The number of para-hydroxylation sites is 2. The van der Waals surface area contributed by atoms with Crippen LogP contribution in [-0.2, 0) is 0 Å². The van der Waals surface area contributed by atoms with Crippen molar-refractivity contribution >= 4 is 49.4 Å². The minimum absolute atomic E-state index is 0.678. The Hall–Kier alpha value is -7.62. The molecular weight excluding hydrogens is 695 g/mol. The van der Waals surface area contributed by atoms with Crippen LogP contribution in [0.4, 0.5) is 17.1 Å². The zero-order valence-electron chi connectivity index (χ0n) is 31.0. The van der Waals surface area contributed by atoms with Crippen LogP contribution >= 0.6 is 0 Å². The van der Waals surface area contributed by atoms with Gasteiger partial charge in [-0.3, -0.25) is 0 Å². The average Bonchev–Trinajstić information content (AvgIpc) is 3.45. The molecule has 0 radical (unpaired) electrons. The van der Waals surface area contributed by atoms with Crippen LogP contribution < -0.4 is 14.4 Å². The monoisotopic (exact) mass is 729 g/mol. The molecule has 0 saturated heterocycles. The largest absolute Gasteiger partial charge is 0.453 e. The highest BCUT2D eigenvalue weighted by atomic mass is 16.5. The SMILES string of the molecule is c1ccc(-c2ccc(N(c3ccc(-c4cc5ccccc5c5ccccc45)cc3)c3ccccc3-c3cccc4c3Oc3cccc5cccc(c35)O4)cc2)cc1. The van der Waals surface area contributed by atoms with Gasteiger partial charge in [-0.2, -0.15) is 0 Å². The van der Waals surface area contributed by atoms with Crippen molar-refractivity contribution in [1.82, 2.24) is 0 Å². The van der Waals surface area contributed by atoms with E-state index >= 15 is 0 Å². The number of benzene rings is 10. The maximum Gasteiger partial charge on any atom is 0.177 e. The summed E-state index contributed by atoms with van der Waals surface area (Å²) in [7, 11) is 0. The van der Waals surface area contributed by atoms with Crippen molar-refractivity contribution in [3.63, 3.8) is 0 Å². The van der Waals surface area contributed by atoms with E-state index in [0.717, 1.165) is 50.5 Å². The molecule has 11 rings (SSSR count). The predicted octanol–water partition coefficient (Wildman–Crippen LogP) is 15.5. The summed E-state index contributed by atoms with van der Waals surface area (Å²) < 4.78 is 13.5. The third-order valence-electron chi connectivity index (χ3n) is 11.1. The topological polar surface area (TPSA) is 21.7 Å². The molecule has 10 aromatic rings. The Bertz CT molecular complexity index is 3110. The first-order chi connectivity index (χ1) is 28.3. The van der Waals surface area contributed by atoms with E-state index in [1.165, 1.54) is 43.8 Å². The van der Waals surface area contributed by atoms with E-state index in [0.29, 0.717) is 11.5 Å². The van der Waals surface area contributed by atoms with Gasteiger partial charge in [-0.15, -0.1) is 0 Å². The molecule has 0 aromatic heterocycles. The maximum absolute atomic E-state index is 6.86. The van der Waals surface area contributed by atoms with Crippen LogP contribution in [-0.4, -0.2) is 0 Å². The van der Waals surface area contributed by atoms with E-state index in [2.05, 4.69) is 181 Å². The number of nitrogens with zero attached hydrogens (tertiary/aromatic N) is 1. The number of hydrogen-bond acceptors (Lipinski definition) is 3. The van der Waals surface area contributed by atoms with Crippen LogP contribution in [0.3, 0.4) is 0 Å². The fourth-order valence-electron chi connectivity index (χ4n) is 8.43. The van der Waals surface area contributed by atoms with Gasteiger partial charge in [-0.25, -0.2) is 0 Å². The normalized spacial score (nSPS) is 11.8. The van der Waals surface area contributed by atoms with Gasteiger partial charge < -0.3 is 14.4 Å². The van der Waals surface area contributed by atoms with Crippen LogP contribution in [0.15, 0.2) is 212 Å². The lowest BCUT2D eigenvalue weighted by Gasteiger charge is -2.29. The molecule has 0 amide bonds. The van der Waals surface area contributed by atoms with Gasteiger partial charge in [0.1, 0.15) is 11.5 Å². The highest BCUT2D eigenvalue weighted by Crippen LogP contribution is 2.52. The van der Waals surface area contributed by atoms with E-state index in [1.807, 2.05) is 36.4 Å². The molecule has 268 valence electrons. The molecule has 0 saturated carbocycles. The fourth-order valence-corrected chi connectivity index (χ4v) is 8.43. The lowest BCUT2D eigenvalue weighted by Crippen LogP contribution is -2.11. The molecule has 57 heavy (non-hydrogen) atoms. The lowest BCUT2D eigenvalue weighted by molar-refractivity contribution is 0.441. The van der Waals surface area contributed by atoms with E-state index in [1.54, 1.807) is 0 Å². The Morgan fingerprint density at radius 3 is 1.63 bits per heavy atom. The van der Waals surface area contributed by atoms with Crippen LogP contribution in [0.2, 0.25) is 0 Å². The van der Waals surface area contributed by atoms with Crippen molar-refractivity contribution in [2.24, 2.45) is 0 Å². The molecule has 0 fully saturated rings. The Balaban J connectivity index is 1.07. The van der Waals surface area contributed by atoms with Crippen molar-refractivity contribution in [2.45, 2.75) is 0 Å². The summed E-state index contributed by atoms with van der Waals surface area (Å²) in [4.78, 5) is 2.35. The molecule has 0 unspecified atom stereocenters. The van der Waals surface area contributed by atoms with Crippen molar-refractivity contribution in [3.8, 4) is 56.4 Å². The molecule has 10 aromatic carbocycles. The molecule has 1 aliphatic heterocycles. The fraction of sp³-hybridized carbons (Fsp3) is 0. The Morgan fingerprint density at radius 1 is 0.316 bits per heavy atom. The van der Waals surface area contributed by atoms with Crippen molar-refractivity contribution in [3.05, 3.63) is 212 Å². The third kappa shape index (κ3) is 5.68. The molecule has 1 heterocycles. The summed E-state index contributed by atoms with van der Waals surface area (Å²) in [5.41, 5.74) is 9.80. The number of rotatable bonds is 6. The standard InChI is InChI=1S/C54H35NO2/c1-2-13-36(14-3-1)37-27-31-41(32-28-37)55(42-33-29-38(30-34-42)48-35-40-15-4-5-18-43(40)44-19-6-7-20-45(44)48)49-23-9-8-21-46(49)47-22-12-26-52-54(47)57-51-25-11-17-39-16-10-24-50(56-52)53(39)51/h1-35H. The zero-order chi connectivity index (χ0) is 37.7. The van der Waals surface area contributed by atoms with Gasteiger partial charge in [0.05, 0.1) is 11.1 Å². The second kappa shape index (κ2) is 13.6. The number of fused-ring (bicyclic) bond motifs is 4. The minimum Gasteiger partial charge on any atom is -0.453 e. The molecule has 3 nitrogen and oxygen atoms in total. The van der Waals surface area contributed by atoms with E-state index in [4.69, 9.17) is 9.47 Å². The molecule has 0 atom stereocenters. The summed E-state index contributed by atoms with van der Waals surface area (Å²) in [6.45, 7) is 0. The summed E-state index contributed by atoms with van der Waals surface area (Å²) in [5, 5.41) is 7.05. The molecule has 0 N–H and O–H groups in total. The molecule has 3 heteroatoms. The minimum atomic E-state index is 0.678. The predicted molar refractivity (Wildman–Crippen MR) is 237 cm³/mol. The van der Waals surface area contributed by atoms with E-state index in [-0.39, 0.29) is 0 Å². The van der Waals surface area contributed by atoms with Crippen LogP contribution in [0.1, 0.15) is 0 Å². The van der Waals surface area contributed by atoms with Gasteiger partial charge in [-0.05, 0) is 104 Å². The summed E-state index contributed by atoms with van der Waals surface area (Å²) in [5.74, 6) is 2.92. The van der Waals surface area contributed by atoms with Gasteiger partial charge in [0.15, 0.2) is 11.5 Å². The number of anilines is 3. The second-order valence-corrected chi connectivity index (χ2v) is 14.5. The molecule has 0 aliphatic carbocycles. The summed E-state index contributed by atoms with van der Waals surface area (Å²) in [6.07, 6.45) is 0. The molecule has 0 spiro atoms. The highest BCUT2D eigenvalue weighted by Gasteiger charge is 2.25. The quantitative estimate of drug-likeness (QED) is 0.159. The van der Waals surface area contributed by atoms with Crippen molar-refractivity contribution < 1.29 is 9.47 Å². The van der Waals surface area contributed by atoms with Crippen molar-refractivity contribution in [1.29, 1.82) is 0 Å². The smallest absolute Gasteiger partial charge is 0.177 e. The lowest BCUT2D eigenvalue weighted by atomic mass is 9.93. The zero-order valence-corrected chi connectivity index (χ0v) is 31.0.